The Morgan fingerprint density at radius 1 is 1.07 bits per heavy atom. The number of benzene rings is 2. The van der Waals surface area contributed by atoms with Gasteiger partial charge in [-0.05, 0) is 29.3 Å². The van der Waals surface area contributed by atoms with Gasteiger partial charge in [-0.15, -0.1) is 0 Å². The van der Waals surface area contributed by atoms with Crippen LogP contribution in [0.1, 0.15) is 21.5 Å². The van der Waals surface area contributed by atoms with Crippen LogP contribution in [0.5, 0.6) is 11.5 Å². The van der Waals surface area contributed by atoms with Gasteiger partial charge < -0.3 is 19.4 Å². The van der Waals surface area contributed by atoms with Gasteiger partial charge in [-0.1, -0.05) is 41.9 Å². The Hall–Kier alpha value is -3.25. The Bertz CT molecular complexity index is 1080. The molecule has 6 nitrogen and oxygen atoms in total. The molecule has 3 aromatic rings. The Morgan fingerprint density at radius 3 is 2.64 bits per heavy atom. The number of amides is 1. The first-order chi connectivity index (χ1) is 13.6. The van der Waals surface area contributed by atoms with Crippen molar-refractivity contribution < 1.29 is 14.3 Å². The Labute approximate surface area is 166 Å². The molecular formula is C21H17ClN2O4. The second kappa shape index (κ2) is 7.78. The van der Waals surface area contributed by atoms with E-state index in [-0.39, 0.29) is 18.3 Å². The number of hydrogen-bond acceptors (Lipinski definition) is 4. The first-order valence-corrected chi connectivity index (χ1v) is 9.08. The maximum Gasteiger partial charge on any atom is 0.251 e. The van der Waals surface area contributed by atoms with Crippen molar-refractivity contribution in [1.29, 1.82) is 0 Å². The van der Waals surface area contributed by atoms with E-state index < -0.39 is 0 Å². The quantitative estimate of drug-likeness (QED) is 0.719. The summed E-state index contributed by atoms with van der Waals surface area (Å²) in [6.45, 7) is 0.972. The molecule has 28 heavy (non-hydrogen) atoms. The number of hydrogen-bond donors (Lipinski definition) is 1. The van der Waals surface area contributed by atoms with E-state index in [2.05, 4.69) is 5.32 Å². The molecule has 0 saturated heterocycles. The summed E-state index contributed by atoms with van der Waals surface area (Å²) in [4.78, 5) is 24.2. The number of carbonyl (C=O) groups excluding carboxylic acids is 1. The first kappa shape index (κ1) is 18.1. The van der Waals surface area contributed by atoms with Gasteiger partial charge in [0.1, 0.15) is 0 Å². The minimum absolute atomic E-state index is 0.0405. The van der Waals surface area contributed by atoms with Crippen molar-refractivity contribution in [3.05, 3.63) is 92.9 Å². The summed E-state index contributed by atoms with van der Waals surface area (Å²) in [7, 11) is 0. The van der Waals surface area contributed by atoms with Crippen LogP contribution in [0.15, 0.2) is 65.6 Å². The zero-order chi connectivity index (χ0) is 19.5. The summed E-state index contributed by atoms with van der Waals surface area (Å²) in [5, 5.41) is 3.21. The number of nitrogens with one attached hydrogen (secondary N) is 1. The highest BCUT2D eigenvalue weighted by atomic mass is 35.5. The molecule has 7 heteroatoms. The van der Waals surface area contributed by atoms with Crippen molar-refractivity contribution in [2.24, 2.45) is 0 Å². The molecule has 2 heterocycles. The summed E-state index contributed by atoms with van der Waals surface area (Å²) >= 11 is 6.12. The zero-order valence-electron chi connectivity index (χ0n) is 14.9. The topological polar surface area (TPSA) is 69.6 Å². The molecule has 1 aromatic heterocycles. The molecule has 2 aromatic carbocycles. The highest BCUT2D eigenvalue weighted by molar-refractivity contribution is 6.32. The van der Waals surface area contributed by atoms with Gasteiger partial charge in [-0.25, -0.2) is 0 Å². The molecule has 0 aliphatic carbocycles. The van der Waals surface area contributed by atoms with E-state index in [1.165, 1.54) is 6.07 Å². The number of nitrogens with zero attached hydrogens (tertiary/aromatic N) is 1. The monoisotopic (exact) mass is 396 g/mol. The lowest BCUT2D eigenvalue weighted by atomic mass is 10.1. The minimum Gasteiger partial charge on any atom is -0.454 e. The number of ether oxygens (including phenoxy) is 2. The number of aromatic nitrogens is 1. The van der Waals surface area contributed by atoms with Gasteiger partial charge >= 0.3 is 0 Å². The van der Waals surface area contributed by atoms with Crippen LogP contribution < -0.4 is 20.3 Å². The number of halogens is 1. The second-order valence-electron chi connectivity index (χ2n) is 6.36. The SMILES string of the molecule is O=C(NCc1ccc(Cn2ccccc2=O)cc1)c1cc(Cl)c2c(c1)OCO2. The van der Waals surface area contributed by atoms with E-state index in [1.807, 2.05) is 30.3 Å². The van der Waals surface area contributed by atoms with Crippen LogP contribution in [0.3, 0.4) is 0 Å². The molecule has 0 fully saturated rings. The molecule has 1 amide bonds. The molecule has 1 aliphatic rings. The lowest BCUT2D eigenvalue weighted by molar-refractivity contribution is 0.0950. The van der Waals surface area contributed by atoms with Crippen molar-refractivity contribution in [3.8, 4) is 11.5 Å². The standard InChI is InChI=1S/C21H17ClN2O4/c22-17-9-16(10-18-20(17)28-13-27-18)21(26)23-11-14-4-6-15(7-5-14)12-24-8-2-1-3-19(24)25/h1-10H,11-13H2,(H,23,26). The fourth-order valence-electron chi connectivity index (χ4n) is 2.93. The number of pyridine rings is 1. The Morgan fingerprint density at radius 2 is 1.86 bits per heavy atom. The molecule has 0 saturated carbocycles. The van der Waals surface area contributed by atoms with Crippen molar-refractivity contribution >= 4 is 17.5 Å². The van der Waals surface area contributed by atoms with Gasteiger partial charge in [-0.2, -0.15) is 0 Å². The van der Waals surface area contributed by atoms with Crippen molar-refractivity contribution in [2.75, 3.05) is 6.79 Å². The third-order valence-corrected chi connectivity index (χ3v) is 4.70. The van der Waals surface area contributed by atoms with E-state index in [9.17, 15) is 9.59 Å². The zero-order valence-corrected chi connectivity index (χ0v) is 15.6. The molecule has 1 N–H and O–H groups in total. The van der Waals surface area contributed by atoms with E-state index in [4.69, 9.17) is 21.1 Å². The van der Waals surface area contributed by atoms with E-state index >= 15 is 0 Å². The molecular weight excluding hydrogens is 380 g/mol. The molecule has 0 radical (unpaired) electrons. The summed E-state index contributed by atoms with van der Waals surface area (Å²) in [6, 6.07) is 16.0. The van der Waals surface area contributed by atoms with Gasteiger partial charge in [0.2, 0.25) is 6.79 Å². The van der Waals surface area contributed by atoms with Crippen LogP contribution in [0.2, 0.25) is 5.02 Å². The van der Waals surface area contributed by atoms with Crippen LogP contribution in [0.25, 0.3) is 0 Å². The molecule has 0 unspecified atom stereocenters. The third kappa shape index (κ3) is 3.87. The van der Waals surface area contributed by atoms with Gasteiger partial charge in [0.25, 0.3) is 11.5 Å². The third-order valence-electron chi connectivity index (χ3n) is 4.42. The smallest absolute Gasteiger partial charge is 0.251 e. The predicted molar refractivity (Wildman–Crippen MR) is 105 cm³/mol. The minimum atomic E-state index is -0.250. The normalized spacial score (nSPS) is 12.0. The second-order valence-corrected chi connectivity index (χ2v) is 6.77. The van der Waals surface area contributed by atoms with Crippen LogP contribution in [0, 0.1) is 0 Å². The average Bonchev–Trinajstić information content (AvgIpc) is 3.18. The summed E-state index contributed by atoms with van der Waals surface area (Å²) in [6.07, 6.45) is 1.76. The van der Waals surface area contributed by atoms with Crippen LogP contribution in [0.4, 0.5) is 0 Å². The van der Waals surface area contributed by atoms with E-state index in [1.54, 1.807) is 29.0 Å². The molecule has 142 valence electrons. The number of fused-ring (bicyclic) bond motifs is 1. The lowest BCUT2D eigenvalue weighted by Crippen LogP contribution is -2.22. The lowest BCUT2D eigenvalue weighted by Gasteiger charge is -2.09. The van der Waals surface area contributed by atoms with Gasteiger partial charge in [0, 0.05) is 24.4 Å². The maximum atomic E-state index is 12.4. The number of carbonyl (C=O) groups is 1. The van der Waals surface area contributed by atoms with Crippen molar-refractivity contribution in [1.82, 2.24) is 9.88 Å². The van der Waals surface area contributed by atoms with Gasteiger partial charge in [0.15, 0.2) is 11.5 Å². The van der Waals surface area contributed by atoms with Crippen molar-refractivity contribution in [3.63, 3.8) is 0 Å². The summed E-state index contributed by atoms with van der Waals surface area (Å²) in [5.41, 5.74) is 2.32. The van der Waals surface area contributed by atoms with E-state index in [0.717, 1.165) is 11.1 Å². The van der Waals surface area contributed by atoms with Crippen molar-refractivity contribution in [2.45, 2.75) is 13.1 Å². The highest BCUT2D eigenvalue weighted by Crippen LogP contribution is 2.39. The Balaban J connectivity index is 1.39. The molecule has 0 spiro atoms. The van der Waals surface area contributed by atoms with Gasteiger partial charge in [0.05, 0.1) is 11.6 Å². The largest absolute Gasteiger partial charge is 0.454 e. The van der Waals surface area contributed by atoms with Crippen LogP contribution in [-0.4, -0.2) is 17.3 Å². The molecule has 0 bridgehead atoms. The van der Waals surface area contributed by atoms with Crippen LogP contribution in [-0.2, 0) is 13.1 Å². The van der Waals surface area contributed by atoms with Gasteiger partial charge in [-0.3, -0.25) is 9.59 Å². The Kier molecular flexibility index (Phi) is 5.04. The average molecular weight is 397 g/mol. The van der Waals surface area contributed by atoms with E-state index in [0.29, 0.717) is 35.2 Å². The highest BCUT2D eigenvalue weighted by Gasteiger charge is 2.20. The fourth-order valence-corrected chi connectivity index (χ4v) is 3.20. The summed E-state index contributed by atoms with van der Waals surface area (Å²) in [5.74, 6) is 0.685. The molecule has 0 atom stereocenters. The molecule has 1 aliphatic heterocycles. The number of rotatable bonds is 5. The first-order valence-electron chi connectivity index (χ1n) is 8.71. The molecule has 4 rings (SSSR count). The maximum absolute atomic E-state index is 12.4. The van der Waals surface area contributed by atoms with Crippen LogP contribution >= 0.6 is 11.6 Å². The fraction of sp³-hybridized carbons (Fsp3) is 0.143. The predicted octanol–water partition coefficient (Wildman–Crippen LogP) is 3.21. The summed E-state index contributed by atoms with van der Waals surface area (Å²) < 4.78 is 12.2.